The van der Waals surface area contributed by atoms with E-state index in [0.29, 0.717) is 6.54 Å². The van der Waals surface area contributed by atoms with Gasteiger partial charge in [-0.15, -0.1) is 0 Å². The lowest BCUT2D eigenvalue weighted by Gasteiger charge is -2.37. The van der Waals surface area contributed by atoms with Gasteiger partial charge in [-0.3, -0.25) is 4.90 Å². The van der Waals surface area contributed by atoms with Crippen LogP contribution in [0.4, 0.5) is 0 Å². The van der Waals surface area contributed by atoms with Crippen LogP contribution in [-0.4, -0.2) is 47.8 Å². The fraction of sp³-hybridized carbons (Fsp3) is 0.889. The summed E-state index contributed by atoms with van der Waals surface area (Å²) in [6.45, 7) is 6.16. The Morgan fingerprint density at radius 3 is 2.85 bits per heavy atom. The Morgan fingerprint density at radius 2 is 2.31 bits per heavy atom. The highest BCUT2D eigenvalue weighted by atomic mass is 16.3. The number of aliphatic hydroxyl groups excluding tert-OH is 1. The summed E-state index contributed by atoms with van der Waals surface area (Å²) < 4.78 is 0. The van der Waals surface area contributed by atoms with Crippen LogP contribution < -0.4 is 5.32 Å². The summed E-state index contributed by atoms with van der Waals surface area (Å²) in [5.41, 5.74) is 0. The van der Waals surface area contributed by atoms with E-state index in [2.05, 4.69) is 16.3 Å². The molecule has 0 saturated carbocycles. The van der Waals surface area contributed by atoms with E-state index < -0.39 is 0 Å². The lowest BCUT2D eigenvalue weighted by atomic mass is 10.1. The topological polar surface area (TPSA) is 59.3 Å². The molecule has 0 aliphatic carbocycles. The minimum Gasteiger partial charge on any atom is -0.392 e. The summed E-state index contributed by atoms with van der Waals surface area (Å²) >= 11 is 0. The predicted molar refractivity (Wildman–Crippen MR) is 50.1 cm³/mol. The van der Waals surface area contributed by atoms with Crippen LogP contribution in [0.5, 0.6) is 0 Å². The van der Waals surface area contributed by atoms with Crippen LogP contribution in [-0.2, 0) is 0 Å². The molecule has 74 valence electrons. The standard InChI is InChI=1S/C9H17N3O/c1-7(8(2)13)12-4-3-11-6-9(12)5-10/h7-9,11,13H,3-4,6H2,1-2H3. The molecule has 0 aromatic heterocycles. The number of aliphatic hydroxyl groups is 1. The van der Waals surface area contributed by atoms with E-state index in [1.54, 1.807) is 6.92 Å². The summed E-state index contributed by atoms with van der Waals surface area (Å²) in [6.07, 6.45) is -0.381. The van der Waals surface area contributed by atoms with Gasteiger partial charge in [0.05, 0.1) is 12.2 Å². The molecule has 0 bridgehead atoms. The number of piperazine rings is 1. The van der Waals surface area contributed by atoms with Gasteiger partial charge in [-0.05, 0) is 13.8 Å². The molecule has 1 fully saturated rings. The maximum atomic E-state index is 9.41. The number of nitrogens with zero attached hydrogens (tertiary/aromatic N) is 2. The Balaban J connectivity index is 2.59. The van der Waals surface area contributed by atoms with E-state index in [1.807, 2.05) is 6.92 Å². The van der Waals surface area contributed by atoms with Gasteiger partial charge in [-0.1, -0.05) is 0 Å². The van der Waals surface area contributed by atoms with Gasteiger partial charge in [0.15, 0.2) is 0 Å². The summed E-state index contributed by atoms with van der Waals surface area (Å²) in [6, 6.07) is 2.21. The van der Waals surface area contributed by atoms with Crippen molar-refractivity contribution in [1.29, 1.82) is 5.26 Å². The maximum absolute atomic E-state index is 9.41. The zero-order valence-corrected chi connectivity index (χ0v) is 8.20. The maximum Gasteiger partial charge on any atom is 0.111 e. The van der Waals surface area contributed by atoms with E-state index in [9.17, 15) is 5.11 Å². The number of hydrogen-bond acceptors (Lipinski definition) is 4. The average Bonchev–Trinajstić information content (AvgIpc) is 2.16. The first-order valence-corrected chi connectivity index (χ1v) is 4.71. The first-order chi connectivity index (χ1) is 6.16. The molecule has 0 aromatic rings. The van der Waals surface area contributed by atoms with Crippen LogP contribution in [0.1, 0.15) is 13.8 Å². The summed E-state index contributed by atoms with van der Waals surface area (Å²) in [5.74, 6) is 0. The van der Waals surface area contributed by atoms with Crippen molar-refractivity contribution in [2.45, 2.75) is 32.0 Å². The van der Waals surface area contributed by atoms with Crippen molar-refractivity contribution in [3.8, 4) is 6.07 Å². The van der Waals surface area contributed by atoms with Gasteiger partial charge < -0.3 is 10.4 Å². The Labute approximate surface area is 79.1 Å². The molecule has 1 saturated heterocycles. The zero-order chi connectivity index (χ0) is 9.84. The second-order valence-electron chi connectivity index (χ2n) is 3.57. The second kappa shape index (κ2) is 4.56. The summed E-state index contributed by atoms with van der Waals surface area (Å²) in [4.78, 5) is 2.06. The third kappa shape index (κ3) is 2.41. The van der Waals surface area contributed by atoms with E-state index >= 15 is 0 Å². The van der Waals surface area contributed by atoms with Gasteiger partial charge in [0, 0.05) is 25.7 Å². The van der Waals surface area contributed by atoms with Crippen molar-refractivity contribution in [2.75, 3.05) is 19.6 Å². The van der Waals surface area contributed by atoms with Crippen molar-refractivity contribution in [3.63, 3.8) is 0 Å². The lowest BCUT2D eigenvalue weighted by Crippen LogP contribution is -2.56. The number of nitrogens with one attached hydrogen (secondary N) is 1. The van der Waals surface area contributed by atoms with Crippen molar-refractivity contribution < 1.29 is 5.11 Å². The highest BCUT2D eigenvalue weighted by molar-refractivity contribution is 4.98. The number of hydrogen-bond donors (Lipinski definition) is 2. The smallest absolute Gasteiger partial charge is 0.111 e. The van der Waals surface area contributed by atoms with Crippen molar-refractivity contribution >= 4 is 0 Å². The molecule has 3 atom stereocenters. The number of nitriles is 1. The molecule has 1 heterocycles. The monoisotopic (exact) mass is 183 g/mol. The Bertz CT molecular complexity index is 200. The van der Waals surface area contributed by atoms with E-state index in [1.165, 1.54) is 0 Å². The fourth-order valence-electron chi connectivity index (χ4n) is 1.60. The van der Waals surface area contributed by atoms with E-state index in [4.69, 9.17) is 5.26 Å². The molecule has 0 spiro atoms. The quantitative estimate of drug-likeness (QED) is 0.609. The third-order valence-corrected chi connectivity index (χ3v) is 2.66. The SMILES string of the molecule is CC(O)C(C)N1CCNCC1C#N. The van der Waals surface area contributed by atoms with Crippen molar-refractivity contribution in [2.24, 2.45) is 0 Å². The van der Waals surface area contributed by atoms with Gasteiger partial charge in [-0.25, -0.2) is 0 Å². The molecule has 1 aliphatic heterocycles. The minimum absolute atomic E-state index is 0.0618. The van der Waals surface area contributed by atoms with E-state index in [0.717, 1.165) is 13.1 Å². The second-order valence-corrected chi connectivity index (χ2v) is 3.57. The highest BCUT2D eigenvalue weighted by Gasteiger charge is 2.28. The zero-order valence-electron chi connectivity index (χ0n) is 8.20. The van der Waals surface area contributed by atoms with Gasteiger partial charge in [0.25, 0.3) is 0 Å². The molecule has 4 nitrogen and oxygen atoms in total. The Hall–Kier alpha value is -0.630. The first-order valence-electron chi connectivity index (χ1n) is 4.71. The number of rotatable bonds is 2. The lowest BCUT2D eigenvalue weighted by molar-refractivity contribution is 0.0464. The van der Waals surface area contributed by atoms with Crippen molar-refractivity contribution in [1.82, 2.24) is 10.2 Å². The van der Waals surface area contributed by atoms with Crippen LogP contribution in [0.25, 0.3) is 0 Å². The normalized spacial score (nSPS) is 29.2. The van der Waals surface area contributed by atoms with Crippen molar-refractivity contribution in [3.05, 3.63) is 0 Å². The summed E-state index contributed by atoms with van der Waals surface area (Å²) in [5, 5.41) is 21.5. The molecule has 3 unspecified atom stereocenters. The average molecular weight is 183 g/mol. The van der Waals surface area contributed by atoms with Gasteiger partial charge >= 0.3 is 0 Å². The van der Waals surface area contributed by atoms with Gasteiger partial charge in [-0.2, -0.15) is 5.26 Å². The molecule has 4 heteroatoms. The fourth-order valence-corrected chi connectivity index (χ4v) is 1.60. The minimum atomic E-state index is -0.381. The van der Waals surface area contributed by atoms with Gasteiger partial charge in [0.2, 0.25) is 0 Å². The van der Waals surface area contributed by atoms with Crippen LogP contribution in [0.2, 0.25) is 0 Å². The van der Waals surface area contributed by atoms with Crippen LogP contribution in [0.3, 0.4) is 0 Å². The highest BCUT2D eigenvalue weighted by Crippen LogP contribution is 2.10. The molecule has 0 radical (unpaired) electrons. The Morgan fingerprint density at radius 1 is 1.62 bits per heavy atom. The van der Waals surface area contributed by atoms with Crippen LogP contribution in [0, 0.1) is 11.3 Å². The molecule has 13 heavy (non-hydrogen) atoms. The van der Waals surface area contributed by atoms with E-state index in [-0.39, 0.29) is 18.2 Å². The molecule has 1 rings (SSSR count). The molecule has 2 N–H and O–H groups in total. The summed E-state index contributed by atoms with van der Waals surface area (Å²) in [7, 11) is 0. The van der Waals surface area contributed by atoms with Crippen LogP contribution in [0.15, 0.2) is 0 Å². The Kier molecular flexibility index (Phi) is 3.67. The van der Waals surface area contributed by atoms with Gasteiger partial charge in [0.1, 0.15) is 6.04 Å². The first kappa shape index (κ1) is 10.5. The predicted octanol–water partition coefficient (Wildman–Crippen LogP) is -0.447. The third-order valence-electron chi connectivity index (χ3n) is 2.66. The molecule has 1 aliphatic rings. The van der Waals surface area contributed by atoms with Crippen LogP contribution >= 0.6 is 0 Å². The largest absolute Gasteiger partial charge is 0.392 e. The molecular weight excluding hydrogens is 166 g/mol. The molecule has 0 aromatic carbocycles. The molecular formula is C9H17N3O. The molecule has 0 amide bonds.